The largest absolute Gasteiger partial charge is 0.341 e. The summed E-state index contributed by atoms with van der Waals surface area (Å²) in [7, 11) is 0. The highest BCUT2D eigenvalue weighted by Gasteiger charge is 2.35. The number of fused-ring (bicyclic) bond motifs is 1. The van der Waals surface area contributed by atoms with Crippen LogP contribution in [0.5, 0.6) is 0 Å². The van der Waals surface area contributed by atoms with Gasteiger partial charge in [-0.25, -0.2) is 0 Å². The van der Waals surface area contributed by atoms with Crippen molar-refractivity contribution in [2.45, 2.75) is 38.6 Å². The van der Waals surface area contributed by atoms with E-state index in [1.54, 1.807) is 12.1 Å². The van der Waals surface area contributed by atoms with Crippen molar-refractivity contribution in [3.8, 4) is 0 Å². The number of benzene rings is 2. The summed E-state index contributed by atoms with van der Waals surface area (Å²) < 4.78 is 0. The first kappa shape index (κ1) is 19.2. The van der Waals surface area contributed by atoms with Crippen LogP contribution in [0.4, 0.5) is 11.4 Å². The fourth-order valence-corrected chi connectivity index (χ4v) is 3.71. The van der Waals surface area contributed by atoms with Crippen LogP contribution in [0.2, 0.25) is 0 Å². The van der Waals surface area contributed by atoms with Gasteiger partial charge in [0.05, 0.1) is 6.04 Å². The van der Waals surface area contributed by atoms with Gasteiger partial charge < -0.3 is 15.5 Å². The molecule has 1 atom stereocenters. The zero-order chi connectivity index (χ0) is 20.4. The average Bonchev–Trinajstić information content (AvgIpc) is 3.58. The fraction of sp³-hybridized carbons (Fsp3) is 0.348. The molecule has 0 aromatic heterocycles. The van der Waals surface area contributed by atoms with Crippen molar-refractivity contribution in [2.24, 2.45) is 5.92 Å². The topological polar surface area (TPSA) is 78.5 Å². The predicted octanol–water partition coefficient (Wildman–Crippen LogP) is 3.19. The third-order valence-corrected chi connectivity index (χ3v) is 5.51. The van der Waals surface area contributed by atoms with Crippen LogP contribution in [0.25, 0.3) is 0 Å². The second kappa shape index (κ2) is 8.07. The second-order valence-corrected chi connectivity index (χ2v) is 7.77. The first-order valence-corrected chi connectivity index (χ1v) is 10.1. The summed E-state index contributed by atoms with van der Waals surface area (Å²) in [6.07, 6.45) is 3.77. The highest BCUT2D eigenvalue weighted by Crippen LogP contribution is 2.36. The Morgan fingerprint density at radius 1 is 1.03 bits per heavy atom. The van der Waals surface area contributed by atoms with Gasteiger partial charge in [0.2, 0.25) is 5.91 Å². The summed E-state index contributed by atoms with van der Waals surface area (Å²) in [5.41, 5.74) is 3.40. The lowest BCUT2D eigenvalue weighted by molar-refractivity contribution is -0.136. The fourth-order valence-electron chi connectivity index (χ4n) is 3.71. The number of amides is 3. The molecule has 0 radical (unpaired) electrons. The Bertz CT molecular complexity index is 938. The Labute approximate surface area is 170 Å². The number of aryl methyl sites for hydroxylation is 1. The smallest absolute Gasteiger partial charge is 0.313 e. The van der Waals surface area contributed by atoms with Crippen molar-refractivity contribution in [3.05, 3.63) is 59.7 Å². The van der Waals surface area contributed by atoms with Crippen molar-refractivity contribution in [1.29, 1.82) is 0 Å². The molecule has 2 aromatic rings. The third-order valence-electron chi connectivity index (χ3n) is 5.51. The summed E-state index contributed by atoms with van der Waals surface area (Å²) in [4.78, 5) is 39.1. The summed E-state index contributed by atoms with van der Waals surface area (Å²) in [5, 5.41) is 5.38. The van der Waals surface area contributed by atoms with Crippen molar-refractivity contribution in [1.82, 2.24) is 5.32 Å². The standard InChI is InChI=1S/C23H25N3O3/c1-15(16-6-3-2-4-7-16)24-21(27)22(28)25-19-12-11-17-8-5-13-26(20(17)14-19)23(29)18-9-10-18/h2-4,6-7,11-12,14-15,18H,5,8-10,13H2,1H3,(H,24,27)(H,25,28)/t15-/m1/s1. The van der Waals surface area contributed by atoms with E-state index in [9.17, 15) is 14.4 Å². The van der Waals surface area contributed by atoms with Gasteiger partial charge in [-0.05, 0) is 55.9 Å². The molecule has 2 N–H and O–H groups in total. The van der Waals surface area contributed by atoms with Crippen LogP contribution >= 0.6 is 0 Å². The van der Waals surface area contributed by atoms with Crippen LogP contribution in [-0.2, 0) is 20.8 Å². The molecule has 6 heteroatoms. The van der Waals surface area contributed by atoms with Crippen molar-refractivity contribution < 1.29 is 14.4 Å². The molecule has 1 saturated carbocycles. The van der Waals surface area contributed by atoms with Crippen LogP contribution < -0.4 is 15.5 Å². The van der Waals surface area contributed by atoms with Gasteiger partial charge in [0, 0.05) is 23.8 Å². The number of nitrogens with zero attached hydrogens (tertiary/aromatic N) is 1. The summed E-state index contributed by atoms with van der Waals surface area (Å²) in [6.45, 7) is 2.54. The van der Waals surface area contributed by atoms with Crippen LogP contribution in [0.3, 0.4) is 0 Å². The molecule has 1 heterocycles. The van der Waals surface area contributed by atoms with Gasteiger partial charge in [0.15, 0.2) is 0 Å². The average molecular weight is 391 g/mol. The Balaban J connectivity index is 1.44. The molecule has 1 aliphatic heterocycles. The van der Waals surface area contributed by atoms with E-state index in [1.807, 2.05) is 48.2 Å². The lowest BCUT2D eigenvalue weighted by Crippen LogP contribution is -2.38. The molecule has 2 aromatic carbocycles. The molecule has 0 spiro atoms. The van der Waals surface area contributed by atoms with Gasteiger partial charge in [-0.1, -0.05) is 36.4 Å². The Morgan fingerprint density at radius 3 is 2.52 bits per heavy atom. The van der Waals surface area contributed by atoms with Crippen LogP contribution in [0, 0.1) is 5.92 Å². The monoisotopic (exact) mass is 391 g/mol. The molecule has 0 bridgehead atoms. The highest BCUT2D eigenvalue weighted by atomic mass is 16.2. The quantitative estimate of drug-likeness (QED) is 0.786. The molecule has 2 aliphatic rings. The molecular weight excluding hydrogens is 366 g/mol. The third kappa shape index (κ3) is 4.31. The molecule has 3 amide bonds. The first-order chi connectivity index (χ1) is 14.0. The lowest BCUT2D eigenvalue weighted by Gasteiger charge is -2.30. The number of hydrogen-bond donors (Lipinski definition) is 2. The van der Waals surface area contributed by atoms with Crippen LogP contribution in [0.1, 0.15) is 43.4 Å². The number of rotatable bonds is 4. The van der Waals surface area contributed by atoms with Gasteiger partial charge in [-0.3, -0.25) is 14.4 Å². The minimum Gasteiger partial charge on any atom is -0.341 e. The van der Waals surface area contributed by atoms with Gasteiger partial charge in [-0.2, -0.15) is 0 Å². The Hall–Kier alpha value is -3.15. The van der Waals surface area contributed by atoms with Crippen molar-refractivity contribution in [2.75, 3.05) is 16.8 Å². The first-order valence-electron chi connectivity index (χ1n) is 10.1. The molecule has 0 saturated heterocycles. The lowest BCUT2D eigenvalue weighted by atomic mass is 10.0. The van der Waals surface area contributed by atoms with E-state index in [-0.39, 0.29) is 17.9 Å². The number of nitrogens with one attached hydrogen (secondary N) is 2. The SMILES string of the molecule is C[C@@H](NC(=O)C(=O)Nc1ccc2c(c1)N(C(=O)C1CC1)CCC2)c1ccccc1. The van der Waals surface area contributed by atoms with E-state index < -0.39 is 11.8 Å². The minimum absolute atomic E-state index is 0.143. The normalized spacial score (nSPS) is 16.5. The summed E-state index contributed by atoms with van der Waals surface area (Å²) in [6, 6.07) is 14.7. The van der Waals surface area contributed by atoms with Crippen LogP contribution in [0.15, 0.2) is 48.5 Å². The predicted molar refractivity (Wildman–Crippen MR) is 111 cm³/mol. The highest BCUT2D eigenvalue weighted by molar-refractivity contribution is 6.39. The van der Waals surface area contributed by atoms with Gasteiger partial charge >= 0.3 is 11.8 Å². The maximum Gasteiger partial charge on any atom is 0.313 e. The molecule has 0 unspecified atom stereocenters. The number of carbonyl (C=O) groups excluding carboxylic acids is 3. The summed E-state index contributed by atoms with van der Waals surface area (Å²) in [5.74, 6) is -1.10. The molecular formula is C23H25N3O3. The number of carbonyl (C=O) groups is 3. The molecule has 150 valence electrons. The molecule has 29 heavy (non-hydrogen) atoms. The van der Waals surface area contributed by atoms with Crippen LogP contribution in [-0.4, -0.2) is 24.3 Å². The van der Waals surface area contributed by atoms with E-state index in [2.05, 4.69) is 10.6 Å². The second-order valence-electron chi connectivity index (χ2n) is 7.77. The maximum atomic E-state index is 12.6. The van der Waals surface area contributed by atoms with E-state index in [0.29, 0.717) is 12.2 Å². The molecule has 1 fully saturated rings. The Morgan fingerprint density at radius 2 is 1.79 bits per heavy atom. The van der Waals surface area contributed by atoms with Gasteiger partial charge in [-0.15, -0.1) is 0 Å². The van der Waals surface area contributed by atoms with E-state index in [0.717, 1.165) is 42.5 Å². The van der Waals surface area contributed by atoms with E-state index >= 15 is 0 Å². The van der Waals surface area contributed by atoms with Crippen molar-refractivity contribution in [3.63, 3.8) is 0 Å². The molecule has 6 nitrogen and oxygen atoms in total. The van der Waals surface area contributed by atoms with Gasteiger partial charge in [0.25, 0.3) is 0 Å². The van der Waals surface area contributed by atoms with E-state index in [4.69, 9.17) is 0 Å². The molecule has 4 rings (SSSR count). The minimum atomic E-state index is -0.719. The zero-order valence-electron chi connectivity index (χ0n) is 16.5. The zero-order valence-corrected chi connectivity index (χ0v) is 16.5. The number of hydrogen-bond acceptors (Lipinski definition) is 3. The molecule has 1 aliphatic carbocycles. The van der Waals surface area contributed by atoms with E-state index in [1.165, 1.54) is 0 Å². The maximum absolute atomic E-state index is 12.6. The van der Waals surface area contributed by atoms with Crippen molar-refractivity contribution >= 4 is 29.1 Å². The Kier molecular flexibility index (Phi) is 5.34. The summed E-state index contributed by atoms with van der Waals surface area (Å²) >= 11 is 0. The van der Waals surface area contributed by atoms with Gasteiger partial charge in [0.1, 0.15) is 0 Å². The number of anilines is 2.